The molecule has 0 fully saturated rings. The lowest BCUT2D eigenvalue weighted by Gasteiger charge is -2.18. The lowest BCUT2D eigenvalue weighted by atomic mass is 10.2. The van der Waals surface area contributed by atoms with Gasteiger partial charge in [0.05, 0.1) is 0 Å². The molecule has 1 aromatic carbocycles. The van der Waals surface area contributed by atoms with Crippen LogP contribution in [0, 0.1) is 13.8 Å². The molecule has 0 aliphatic heterocycles. The van der Waals surface area contributed by atoms with Gasteiger partial charge in [0.2, 0.25) is 0 Å². The number of fused-ring (bicyclic) bond motifs is 1. The van der Waals surface area contributed by atoms with Gasteiger partial charge in [0.1, 0.15) is 22.0 Å². The lowest BCUT2D eigenvalue weighted by Crippen LogP contribution is -2.10. The van der Waals surface area contributed by atoms with E-state index in [1.807, 2.05) is 44.3 Å². The number of pyridine rings is 2. The van der Waals surface area contributed by atoms with E-state index in [1.165, 1.54) is 16.9 Å². The second-order valence-electron chi connectivity index (χ2n) is 6.20. The number of thiazole rings is 1. The molecular weight excluding hydrogens is 342 g/mol. The SMILES string of the molecule is Cc1ccc(N(C)c2ccc3nc(Nc4cccc(C)n4)sc3n2)cc1. The Morgan fingerprint density at radius 2 is 1.69 bits per heavy atom. The van der Waals surface area contributed by atoms with Crippen LogP contribution in [0.5, 0.6) is 0 Å². The zero-order chi connectivity index (χ0) is 18.1. The van der Waals surface area contributed by atoms with E-state index in [0.717, 1.165) is 38.5 Å². The van der Waals surface area contributed by atoms with Crippen LogP contribution in [0.3, 0.4) is 0 Å². The minimum atomic E-state index is 0.792. The highest BCUT2D eigenvalue weighted by molar-refractivity contribution is 7.21. The summed E-state index contributed by atoms with van der Waals surface area (Å²) in [7, 11) is 2.02. The summed E-state index contributed by atoms with van der Waals surface area (Å²) in [5.74, 6) is 1.69. The number of anilines is 4. The van der Waals surface area contributed by atoms with Crippen molar-refractivity contribution in [1.29, 1.82) is 0 Å². The molecule has 0 saturated carbocycles. The van der Waals surface area contributed by atoms with Crippen molar-refractivity contribution >= 4 is 44.1 Å². The van der Waals surface area contributed by atoms with Gasteiger partial charge in [0, 0.05) is 18.4 Å². The van der Waals surface area contributed by atoms with E-state index in [4.69, 9.17) is 4.98 Å². The van der Waals surface area contributed by atoms with Crippen molar-refractivity contribution in [2.45, 2.75) is 13.8 Å². The highest BCUT2D eigenvalue weighted by Gasteiger charge is 2.10. The molecule has 3 heterocycles. The number of benzene rings is 1. The molecule has 0 atom stereocenters. The maximum absolute atomic E-state index is 4.78. The van der Waals surface area contributed by atoms with Crippen LogP contribution < -0.4 is 10.2 Å². The molecule has 0 unspecified atom stereocenters. The second kappa shape index (κ2) is 6.72. The highest BCUT2D eigenvalue weighted by Crippen LogP contribution is 2.30. The van der Waals surface area contributed by atoms with E-state index in [1.54, 1.807) is 0 Å². The minimum Gasteiger partial charge on any atom is -0.329 e. The fourth-order valence-corrected chi connectivity index (χ4v) is 3.51. The largest absolute Gasteiger partial charge is 0.329 e. The lowest BCUT2D eigenvalue weighted by molar-refractivity contribution is 1.15. The van der Waals surface area contributed by atoms with E-state index in [-0.39, 0.29) is 0 Å². The van der Waals surface area contributed by atoms with Crippen LogP contribution >= 0.6 is 11.3 Å². The van der Waals surface area contributed by atoms with Gasteiger partial charge in [0.25, 0.3) is 0 Å². The molecule has 4 aromatic rings. The van der Waals surface area contributed by atoms with Gasteiger partial charge in [-0.3, -0.25) is 0 Å². The van der Waals surface area contributed by atoms with Crippen molar-refractivity contribution in [3.63, 3.8) is 0 Å². The smallest absolute Gasteiger partial charge is 0.190 e. The molecule has 26 heavy (non-hydrogen) atoms. The van der Waals surface area contributed by atoms with Gasteiger partial charge in [-0.1, -0.05) is 35.1 Å². The van der Waals surface area contributed by atoms with Crippen molar-refractivity contribution in [2.75, 3.05) is 17.3 Å². The van der Waals surface area contributed by atoms with Crippen LogP contribution in [0.15, 0.2) is 54.6 Å². The Morgan fingerprint density at radius 3 is 2.46 bits per heavy atom. The molecule has 0 radical (unpaired) electrons. The Balaban J connectivity index is 1.62. The monoisotopic (exact) mass is 361 g/mol. The molecule has 5 nitrogen and oxygen atoms in total. The number of nitrogens with one attached hydrogen (secondary N) is 1. The molecule has 0 aliphatic carbocycles. The zero-order valence-electron chi connectivity index (χ0n) is 14.9. The minimum absolute atomic E-state index is 0.792. The van der Waals surface area contributed by atoms with Gasteiger partial charge in [-0.2, -0.15) is 0 Å². The van der Waals surface area contributed by atoms with E-state index < -0.39 is 0 Å². The van der Waals surface area contributed by atoms with Gasteiger partial charge < -0.3 is 10.2 Å². The summed E-state index contributed by atoms with van der Waals surface area (Å²) in [5, 5.41) is 4.06. The zero-order valence-corrected chi connectivity index (χ0v) is 15.7. The third-order valence-electron chi connectivity index (χ3n) is 4.13. The Labute approximate surface area is 156 Å². The van der Waals surface area contributed by atoms with Crippen LogP contribution in [0.25, 0.3) is 10.3 Å². The number of aromatic nitrogens is 3. The second-order valence-corrected chi connectivity index (χ2v) is 7.17. The Morgan fingerprint density at radius 1 is 0.885 bits per heavy atom. The molecule has 3 aromatic heterocycles. The molecule has 0 aliphatic rings. The topological polar surface area (TPSA) is 53.9 Å². The van der Waals surface area contributed by atoms with Crippen molar-refractivity contribution in [3.05, 3.63) is 65.9 Å². The van der Waals surface area contributed by atoms with Gasteiger partial charge in [-0.15, -0.1) is 0 Å². The molecule has 130 valence electrons. The number of aryl methyl sites for hydroxylation is 2. The van der Waals surface area contributed by atoms with Crippen LogP contribution in [-0.4, -0.2) is 22.0 Å². The molecular formula is C20H19N5S. The van der Waals surface area contributed by atoms with E-state index >= 15 is 0 Å². The summed E-state index contributed by atoms with van der Waals surface area (Å²) in [4.78, 5) is 16.8. The van der Waals surface area contributed by atoms with Crippen molar-refractivity contribution in [2.24, 2.45) is 0 Å². The first kappa shape index (κ1) is 16.5. The maximum Gasteiger partial charge on any atom is 0.190 e. The normalized spacial score (nSPS) is 10.9. The first-order chi connectivity index (χ1) is 12.6. The number of rotatable bonds is 4. The summed E-state index contributed by atoms with van der Waals surface area (Å²) in [6.07, 6.45) is 0. The molecule has 1 N–H and O–H groups in total. The van der Waals surface area contributed by atoms with Crippen LogP contribution in [-0.2, 0) is 0 Å². The average Bonchev–Trinajstić information content (AvgIpc) is 3.03. The fourth-order valence-electron chi connectivity index (χ4n) is 2.67. The van der Waals surface area contributed by atoms with Crippen molar-refractivity contribution in [3.8, 4) is 0 Å². The predicted molar refractivity (Wildman–Crippen MR) is 109 cm³/mol. The summed E-state index contributed by atoms with van der Waals surface area (Å²) >= 11 is 1.53. The summed E-state index contributed by atoms with van der Waals surface area (Å²) in [6.45, 7) is 4.06. The molecule has 0 amide bonds. The number of hydrogen-bond acceptors (Lipinski definition) is 6. The van der Waals surface area contributed by atoms with Gasteiger partial charge >= 0.3 is 0 Å². The third-order valence-corrected chi connectivity index (χ3v) is 5.01. The molecule has 0 saturated heterocycles. The summed E-state index contributed by atoms with van der Waals surface area (Å²) in [6, 6.07) is 18.3. The Bertz CT molecular complexity index is 1060. The quantitative estimate of drug-likeness (QED) is 0.540. The van der Waals surface area contributed by atoms with E-state index in [2.05, 4.69) is 51.4 Å². The number of hydrogen-bond donors (Lipinski definition) is 1. The summed E-state index contributed by atoms with van der Waals surface area (Å²) in [5.41, 5.74) is 4.20. The van der Waals surface area contributed by atoms with Crippen LogP contribution in [0.4, 0.5) is 22.5 Å². The standard InChI is InChI=1S/C20H19N5S/c1-13-7-9-15(10-8-13)25(3)18-12-11-16-19(24-18)26-20(22-16)23-17-6-4-5-14(2)21-17/h4-12H,1-3H3,(H,21,22,23). The molecule has 0 bridgehead atoms. The summed E-state index contributed by atoms with van der Waals surface area (Å²) < 4.78 is 0. The van der Waals surface area contributed by atoms with Gasteiger partial charge in [0.15, 0.2) is 5.13 Å². The predicted octanol–water partition coefficient (Wildman–Crippen LogP) is 5.21. The average molecular weight is 361 g/mol. The molecule has 6 heteroatoms. The third kappa shape index (κ3) is 3.36. The molecule has 0 spiro atoms. The number of nitrogens with zero attached hydrogens (tertiary/aromatic N) is 4. The first-order valence-corrected chi connectivity index (χ1v) is 9.19. The van der Waals surface area contributed by atoms with Crippen LogP contribution in [0.1, 0.15) is 11.3 Å². The Hall–Kier alpha value is -2.99. The van der Waals surface area contributed by atoms with Crippen molar-refractivity contribution in [1.82, 2.24) is 15.0 Å². The van der Waals surface area contributed by atoms with Crippen molar-refractivity contribution < 1.29 is 0 Å². The maximum atomic E-state index is 4.78. The fraction of sp³-hybridized carbons (Fsp3) is 0.150. The Kier molecular flexibility index (Phi) is 4.26. The van der Waals surface area contributed by atoms with Gasteiger partial charge in [-0.25, -0.2) is 15.0 Å². The van der Waals surface area contributed by atoms with E-state index in [0.29, 0.717) is 0 Å². The first-order valence-electron chi connectivity index (χ1n) is 8.37. The molecule has 4 rings (SSSR count). The van der Waals surface area contributed by atoms with Gasteiger partial charge in [-0.05, 0) is 50.2 Å². The van der Waals surface area contributed by atoms with Crippen LogP contribution in [0.2, 0.25) is 0 Å². The highest BCUT2D eigenvalue weighted by atomic mass is 32.1. The van der Waals surface area contributed by atoms with E-state index in [9.17, 15) is 0 Å².